The Morgan fingerprint density at radius 1 is 1.00 bits per heavy atom. The SMILES string of the molecule is CC(C)[C@@H]1CC(=O)[C@H]2[C@@]1(C)CC[C@@]1(C)[C@H]3C(=CC[C@]21C)C1=C(C[C@@H]3O)C(C)(C)[C@@H](O)CC1. The van der Waals surface area contributed by atoms with Crippen molar-refractivity contribution in [1.29, 1.82) is 0 Å². The van der Waals surface area contributed by atoms with Crippen molar-refractivity contribution in [3.63, 3.8) is 0 Å². The molecule has 5 aliphatic rings. The predicted octanol–water partition coefficient (Wildman–Crippen LogP) is 5.85. The van der Waals surface area contributed by atoms with Crippen LogP contribution in [0.15, 0.2) is 22.8 Å². The van der Waals surface area contributed by atoms with Gasteiger partial charge in [0.2, 0.25) is 0 Å². The zero-order valence-corrected chi connectivity index (χ0v) is 21.3. The van der Waals surface area contributed by atoms with Crippen LogP contribution in [0.3, 0.4) is 0 Å². The number of carbonyl (C=O) groups is 1. The minimum atomic E-state index is -0.434. The molecule has 2 N–H and O–H groups in total. The zero-order chi connectivity index (χ0) is 23.4. The molecule has 0 aromatic heterocycles. The molecule has 3 heteroatoms. The molecule has 8 atom stereocenters. The lowest BCUT2D eigenvalue weighted by Crippen LogP contribution is -2.62. The van der Waals surface area contributed by atoms with Gasteiger partial charge in [0, 0.05) is 23.7 Å². The van der Waals surface area contributed by atoms with E-state index in [1.807, 2.05) is 0 Å². The smallest absolute Gasteiger partial charge is 0.137 e. The van der Waals surface area contributed by atoms with E-state index in [0.29, 0.717) is 24.0 Å². The fraction of sp³-hybridized carbons (Fsp3) is 0.828. The highest BCUT2D eigenvalue weighted by atomic mass is 16.3. The van der Waals surface area contributed by atoms with Crippen LogP contribution in [0.1, 0.15) is 93.4 Å². The molecule has 32 heavy (non-hydrogen) atoms. The van der Waals surface area contributed by atoms with E-state index in [2.05, 4.69) is 54.5 Å². The van der Waals surface area contributed by atoms with E-state index in [-0.39, 0.29) is 39.6 Å². The van der Waals surface area contributed by atoms with Gasteiger partial charge in [-0.3, -0.25) is 4.79 Å². The first-order chi connectivity index (χ1) is 14.8. The number of aliphatic hydroxyl groups is 2. The lowest BCUT2D eigenvalue weighted by molar-refractivity contribution is -0.167. The van der Waals surface area contributed by atoms with E-state index in [9.17, 15) is 15.0 Å². The maximum Gasteiger partial charge on any atom is 0.137 e. The van der Waals surface area contributed by atoms with Gasteiger partial charge < -0.3 is 10.2 Å². The number of hydrogen-bond donors (Lipinski definition) is 2. The fourth-order valence-electron chi connectivity index (χ4n) is 9.72. The molecule has 0 spiro atoms. The Balaban J connectivity index is 1.63. The van der Waals surface area contributed by atoms with Crippen LogP contribution in [-0.2, 0) is 4.79 Å². The molecule has 0 aromatic rings. The van der Waals surface area contributed by atoms with Gasteiger partial charge in [0.05, 0.1) is 12.2 Å². The Morgan fingerprint density at radius 2 is 1.69 bits per heavy atom. The van der Waals surface area contributed by atoms with Gasteiger partial charge in [-0.15, -0.1) is 0 Å². The lowest BCUT2D eigenvalue weighted by atomic mass is 9.38. The maximum atomic E-state index is 13.6. The molecule has 0 unspecified atom stereocenters. The van der Waals surface area contributed by atoms with E-state index in [1.54, 1.807) is 0 Å². The molecule has 0 bridgehead atoms. The molecule has 2 fully saturated rings. The summed E-state index contributed by atoms with van der Waals surface area (Å²) in [5.41, 5.74) is 3.65. The molecule has 0 aromatic carbocycles. The molecule has 0 amide bonds. The zero-order valence-electron chi connectivity index (χ0n) is 21.3. The summed E-state index contributed by atoms with van der Waals surface area (Å²) in [6, 6.07) is 0. The van der Waals surface area contributed by atoms with Gasteiger partial charge in [-0.1, -0.05) is 60.1 Å². The molecular weight excluding hydrogens is 396 g/mol. The summed E-state index contributed by atoms with van der Waals surface area (Å²) in [7, 11) is 0. The van der Waals surface area contributed by atoms with Gasteiger partial charge in [-0.05, 0) is 77.8 Å². The van der Waals surface area contributed by atoms with Gasteiger partial charge >= 0.3 is 0 Å². The second kappa shape index (κ2) is 6.81. The number of fused-ring (bicyclic) bond motifs is 6. The fourth-order valence-corrected chi connectivity index (χ4v) is 9.72. The second-order valence-corrected chi connectivity index (χ2v) is 13.6. The van der Waals surface area contributed by atoms with Crippen LogP contribution >= 0.6 is 0 Å². The first-order valence-electron chi connectivity index (χ1n) is 13.1. The highest BCUT2D eigenvalue weighted by molar-refractivity contribution is 5.86. The van der Waals surface area contributed by atoms with E-state index >= 15 is 0 Å². The molecule has 0 radical (unpaired) electrons. The predicted molar refractivity (Wildman–Crippen MR) is 128 cm³/mol. The van der Waals surface area contributed by atoms with Gasteiger partial charge in [-0.2, -0.15) is 0 Å². The summed E-state index contributed by atoms with van der Waals surface area (Å²) in [6.45, 7) is 16.1. The number of hydrogen-bond acceptors (Lipinski definition) is 3. The topological polar surface area (TPSA) is 57.5 Å². The number of rotatable bonds is 1. The van der Waals surface area contributed by atoms with Crippen LogP contribution in [0.5, 0.6) is 0 Å². The summed E-state index contributed by atoms with van der Waals surface area (Å²) in [6.07, 6.45) is 7.86. The normalized spacial score (nSPS) is 49.9. The molecule has 2 saturated carbocycles. The highest BCUT2D eigenvalue weighted by Gasteiger charge is 2.69. The van der Waals surface area contributed by atoms with Crippen molar-refractivity contribution in [1.82, 2.24) is 0 Å². The van der Waals surface area contributed by atoms with Gasteiger partial charge in [-0.25, -0.2) is 0 Å². The minimum Gasteiger partial charge on any atom is -0.392 e. The summed E-state index contributed by atoms with van der Waals surface area (Å²) in [5.74, 6) is 1.66. The Morgan fingerprint density at radius 3 is 2.34 bits per heavy atom. The van der Waals surface area contributed by atoms with Crippen molar-refractivity contribution >= 4 is 5.78 Å². The van der Waals surface area contributed by atoms with E-state index in [1.165, 1.54) is 16.7 Å². The molecule has 0 saturated heterocycles. The van der Waals surface area contributed by atoms with Crippen molar-refractivity contribution in [2.24, 2.45) is 45.3 Å². The molecule has 5 rings (SSSR count). The average Bonchev–Trinajstić information content (AvgIpc) is 2.98. The third kappa shape index (κ3) is 2.59. The molecule has 178 valence electrons. The van der Waals surface area contributed by atoms with Crippen LogP contribution in [0.4, 0.5) is 0 Å². The largest absolute Gasteiger partial charge is 0.392 e. The van der Waals surface area contributed by atoms with E-state index < -0.39 is 6.10 Å². The van der Waals surface area contributed by atoms with Crippen LogP contribution < -0.4 is 0 Å². The first kappa shape index (κ1) is 22.8. The number of ketones is 1. The Bertz CT molecular complexity index is 909. The number of carbonyl (C=O) groups excluding carboxylic acids is 1. The van der Waals surface area contributed by atoms with Crippen molar-refractivity contribution in [3.05, 3.63) is 22.8 Å². The van der Waals surface area contributed by atoms with Crippen LogP contribution in [0, 0.1) is 45.3 Å². The monoisotopic (exact) mass is 440 g/mol. The summed E-state index contributed by atoms with van der Waals surface area (Å²) >= 11 is 0. The average molecular weight is 441 g/mol. The van der Waals surface area contributed by atoms with Crippen LogP contribution in [0.2, 0.25) is 0 Å². The third-order valence-electron chi connectivity index (χ3n) is 11.7. The molecule has 5 aliphatic carbocycles. The van der Waals surface area contributed by atoms with Crippen LogP contribution in [0.25, 0.3) is 0 Å². The van der Waals surface area contributed by atoms with Gasteiger partial charge in [0.25, 0.3) is 0 Å². The van der Waals surface area contributed by atoms with Crippen molar-refractivity contribution in [2.75, 3.05) is 0 Å². The van der Waals surface area contributed by atoms with Gasteiger partial charge in [0.1, 0.15) is 5.78 Å². The Labute approximate surface area is 194 Å². The van der Waals surface area contributed by atoms with Crippen LogP contribution in [-0.4, -0.2) is 28.2 Å². The highest BCUT2D eigenvalue weighted by Crippen LogP contribution is 2.73. The molecular formula is C29H44O3. The Hall–Kier alpha value is -0.930. The number of allylic oxidation sites excluding steroid dienone is 2. The molecule has 0 aliphatic heterocycles. The van der Waals surface area contributed by atoms with Crippen molar-refractivity contribution < 1.29 is 15.0 Å². The van der Waals surface area contributed by atoms with E-state index in [0.717, 1.165) is 38.5 Å². The summed E-state index contributed by atoms with van der Waals surface area (Å²) < 4.78 is 0. The summed E-state index contributed by atoms with van der Waals surface area (Å²) in [5, 5.41) is 22.3. The maximum absolute atomic E-state index is 13.6. The number of Topliss-reactive ketones (excluding diaryl/α,β-unsaturated/α-hetero) is 1. The Kier molecular flexibility index (Phi) is 4.86. The third-order valence-corrected chi connectivity index (χ3v) is 11.7. The summed E-state index contributed by atoms with van der Waals surface area (Å²) in [4.78, 5) is 13.6. The van der Waals surface area contributed by atoms with Crippen molar-refractivity contribution in [2.45, 2.75) is 106 Å². The van der Waals surface area contributed by atoms with Crippen molar-refractivity contribution in [3.8, 4) is 0 Å². The quantitative estimate of drug-likeness (QED) is 0.538. The second-order valence-electron chi connectivity index (χ2n) is 13.6. The lowest BCUT2D eigenvalue weighted by Gasteiger charge is -2.66. The number of aliphatic hydroxyl groups excluding tert-OH is 2. The molecule has 0 heterocycles. The standard InChI is InChI=1S/C29H44O3/c1-16(2)19-14-22(31)25-27(19,5)12-13-28(6)24-18(10-11-29(25,28)7)17-8-9-23(32)26(3,4)20(17)15-21(24)30/h10,16,19,21,23-25,30,32H,8-9,11-15H2,1-7H3/t19-,21-,23-,24-,25-,27-,28-,29+/m0/s1. The minimum absolute atomic E-state index is 0.0752. The van der Waals surface area contributed by atoms with E-state index in [4.69, 9.17) is 0 Å². The molecule has 3 nitrogen and oxygen atoms in total. The van der Waals surface area contributed by atoms with Gasteiger partial charge in [0.15, 0.2) is 0 Å². The first-order valence-corrected chi connectivity index (χ1v) is 13.1.